The van der Waals surface area contributed by atoms with Gasteiger partial charge in [-0.3, -0.25) is 0 Å². The van der Waals surface area contributed by atoms with E-state index in [1.165, 1.54) is 17.4 Å². The van der Waals surface area contributed by atoms with Gasteiger partial charge in [-0.05, 0) is 31.5 Å². The molecule has 2 rings (SSSR count). The Balaban J connectivity index is 1.97. The third kappa shape index (κ3) is 3.59. The van der Waals surface area contributed by atoms with Gasteiger partial charge in [-0.2, -0.15) is 0 Å². The predicted molar refractivity (Wildman–Crippen MR) is 74.5 cm³/mol. The van der Waals surface area contributed by atoms with Crippen LogP contribution < -0.4 is 5.32 Å². The van der Waals surface area contributed by atoms with E-state index in [0.29, 0.717) is 12.1 Å². The highest BCUT2D eigenvalue weighted by molar-refractivity contribution is 7.09. The van der Waals surface area contributed by atoms with Gasteiger partial charge >= 0.3 is 0 Å². The molecule has 20 heavy (non-hydrogen) atoms. The number of thiazole rings is 1. The summed E-state index contributed by atoms with van der Waals surface area (Å²) in [5, 5.41) is 16.1. The molecule has 0 saturated carbocycles. The zero-order valence-electron chi connectivity index (χ0n) is 11.2. The Hall–Kier alpha value is -1.37. The highest BCUT2D eigenvalue weighted by atomic mass is 32.1. The molecule has 3 nitrogen and oxygen atoms in total. The molecule has 0 aliphatic rings. The minimum atomic E-state index is -0.954. The zero-order chi connectivity index (χ0) is 14.7. The predicted octanol–water partition coefficient (Wildman–Crippen LogP) is 2.94. The molecule has 2 atom stereocenters. The second-order valence-electron chi connectivity index (χ2n) is 4.67. The summed E-state index contributed by atoms with van der Waals surface area (Å²) in [5.74, 6) is -1.87. The fourth-order valence-electron chi connectivity index (χ4n) is 1.83. The molecule has 6 heteroatoms. The topological polar surface area (TPSA) is 45.1 Å². The second-order valence-corrected chi connectivity index (χ2v) is 5.61. The Labute approximate surface area is 120 Å². The van der Waals surface area contributed by atoms with Crippen molar-refractivity contribution < 1.29 is 13.9 Å². The van der Waals surface area contributed by atoms with E-state index >= 15 is 0 Å². The average molecular weight is 298 g/mol. The number of aliphatic hydroxyl groups excluding tert-OH is 1. The molecular formula is C14H16F2N2OS. The van der Waals surface area contributed by atoms with Crippen LogP contribution in [0.2, 0.25) is 0 Å². The Bertz CT molecular complexity index is 588. The highest BCUT2D eigenvalue weighted by Crippen LogP contribution is 2.20. The molecule has 0 spiro atoms. The molecule has 108 valence electrons. The maximum atomic E-state index is 13.1. The van der Waals surface area contributed by atoms with Crippen molar-refractivity contribution in [1.29, 1.82) is 0 Å². The number of rotatable bonds is 5. The van der Waals surface area contributed by atoms with Crippen molar-refractivity contribution >= 4 is 11.3 Å². The minimum Gasteiger partial charge on any atom is -0.387 e. The maximum absolute atomic E-state index is 13.1. The fraction of sp³-hybridized carbons (Fsp3) is 0.357. The SMILES string of the molecule is Cc1csc(CNC(C)C(O)c2ccc(F)c(F)c2)n1. The van der Waals surface area contributed by atoms with E-state index in [1.807, 2.05) is 12.3 Å². The number of aromatic nitrogens is 1. The van der Waals surface area contributed by atoms with Gasteiger partial charge in [-0.15, -0.1) is 11.3 Å². The third-order valence-electron chi connectivity index (χ3n) is 3.00. The summed E-state index contributed by atoms with van der Waals surface area (Å²) in [4.78, 5) is 4.31. The van der Waals surface area contributed by atoms with Crippen LogP contribution >= 0.6 is 11.3 Å². The average Bonchev–Trinajstić information content (AvgIpc) is 2.84. The smallest absolute Gasteiger partial charge is 0.159 e. The van der Waals surface area contributed by atoms with E-state index in [2.05, 4.69) is 10.3 Å². The van der Waals surface area contributed by atoms with E-state index < -0.39 is 17.7 Å². The standard InChI is InChI=1S/C14H16F2N2OS/c1-8-7-20-13(18-8)6-17-9(2)14(19)10-3-4-11(15)12(16)5-10/h3-5,7,9,14,17,19H,6H2,1-2H3. The molecule has 2 aromatic rings. The van der Waals surface area contributed by atoms with Gasteiger partial charge in [0.25, 0.3) is 0 Å². The molecule has 1 aromatic heterocycles. The Morgan fingerprint density at radius 3 is 2.70 bits per heavy atom. The van der Waals surface area contributed by atoms with Crippen LogP contribution in [0.15, 0.2) is 23.6 Å². The first-order chi connectivity index (χ1) is 9.47. The van der Waals surface area contributed by atoms with Crippen LogP contribution in [0.3, 0.4) is 0 Å². The van der Waals surface area contributed by atoms with Gasteiger partial charge in [-0.1, -0.05) is 6.07 Å². The van der Waals surface area contributed by atoms with Gasteiger partial charge in [0.2, 0.25) is 0 Å². The lowest BCUT2D eigenvalue weighted by atomic mass is 10.0. The lowest BCUT2D eigenvalue weighted by molar-refractivity contribution is 0.135. The fourth-order valence-corrected chi connectivity index (χ4v) is 2.55. The molecule has 0 bridgehead atoms. The van der Waals surface area contributed by atoms with Gasteiger partial charge in [0, 0.05) is 23.7 Å². The van der Waals surface area contributed by atoms with Crippen LogP contribution in [0.1, 0.15) is 29.3 Å². The number of nitrogens with one attached hydrogen (secondary N) is 1. The van der Waals surface area contributed by atoms with Crippen LogP contribution in [0, 0.1) is 18.6 Å². The molecule has 0 radical (unpaired) electrons. The van der Waals surface area contributed by atoms with Crippen molar-refractivity contribution in [2.45, 2.75) is 32.5 Å². The lowest BCUT2D eigenvalue weighted by Gasteiger charge is -2.20. The van der Waals surface area contributed by atoms with Crippen LogP contribution in [0.4, 0.5) is 8.78 Å². The van der Waals surface area contributed by atoms with Crippen molar-refractivity contribution in [3.05, 3.63) is 51.5 Å². The minimum absolute atomic E-state index is 0.302. The third-order valence-corrected chi connectivity index (χ3v) is 3.97. The van der Waals surface area contributed by atoms with Gasteiger partial charge < -0.3 is 10.4 Å². The molecule has 2 unspecified atom stereocenters. The summed E-state index contributed by atoms with van der Waals surface area (Å²) < 4.78 is 26.0. The van der Waals surface area contributed by atoms with Crippen molar-refractivity contribution in [3.8, 4) is 0 Å². The van der Waals surface area contributed by atoms with E-state index in [4.69, 9.17) is 0 Å². The first-order valence-corrected chi connectivity index (χ1v) is 7.12. The van der Waals surface area contributed by atoms with Crippen molar-refractivity contribution in [1.82, 2.24) is 10.3 Å². The molecule has 2 N–H and O–H groups in total. The largest absolute Gasteiger partial charge is 0.387 e. The highest BCUT2D eigenvalue weighted by Gasteiger charge is 2.18. The molecule has 0 fully saturated rings. The van der Waals surface area contributed by atoms with Crippen LogP contribution in [-0.2, 0) is 6.54 Å². The number of aryl methyl sites for hydroxylation is 1. The summed E-state index contributed by atoms with van der Waals surface area (Å²) in [6.45, 7) is 4.23. The molecular weight excluding hydrogens is 282 g/mol. The molecule has 1 heterocycles. The number of halogens is 2. The van der Waals surface area contributed by atoms with Crippen LogP contribution in [-0.4, -0.2) is 16.1 Å². The summed E-state index contributed by atoms with van der Waals surface area (Å²) in [6, 6.07) is 3.12. The number of nitrogens with zero attached hydrogens (tertiary/aromatic N) is 1. The van der Waals surface area contributed by atoms with Gasteiger partial charge in [0.05, 0.1) is 6.10 Å². The first kappa shape index (κ1) is 15.0. The van der Waals surface area contributed by atoms with E-state index in [0.717, 1.165) is 22.8 Å². The summed E-state index contributed by atoms with van der Waals surface area (Å²) >= 11 is 1.54. The quantitative estimate of drug-likeness (QED) is 0.892. The molecule has 0 aliphatic carbocycles. The first-order valence-electron chi connectivity index (χ1n) is 6.25. The molecule has 0 aliphatic heterocycles. The zero-order valence-corrected chi connectivity index (χ0v) is 12.0. The van der Waals surface area contributed by atoms with Crippen LogP contribution in [0.25, 0.3) is 0 Å². The Morgan fingerprint density at radius 1 is 1.35 bits per heavy atom. The number of hydrogen-bond acceptors (Lipinski definition) is 4. The van der Waals surface area contributed by atoms with Crippen molar-refractivity contribution in [3.63, 3.8) is 0 Å². The maximum Gasteiger partial charge on any atom is 0.159 e. The second kappa shape index (κ2) is 6.39. The normalized spacial score (nSPS) is 14.2. The molecule has 0 saturated heterocycles. The Morgan fingerprint density at radius 2 is 2.10 bits per heavy atom. The lowest BCUT2D eigenvalue weighted by Crippen LogP contribution is -2.31. The Kier molecular flexibility index (Phi) is 4.80. The van der Waals surface area contributed by atoms with Gasteiger partial charge in [0.15, 0.2) is 11.6 Å². The van der Waals surface area contributed by atoms with Gasteiger partial charge in [-0.25, -0.2) is 13.8 Å². The summed E-state index contributed by atoms with van der Waals surface area (Å²) in [7, 11) is 0. The van der Waals surface area contributed by atoms with Crippen molar-refractivity contribution in [2.75, 3.05) is 0 Å². The van der Waals surface area contributed by atoms with Gasteiger partial charge in [0.1, 0.15) is 5.01 Å². The van der Waals surface area contributed by atoms with E-state index in [9.17, 15) is 13.9 Å². The monoisotopic (exact) mass is 298 g/mol. The number of hydrogen-bond donors (Lipinski definition) is 2. The number of benzene rings is 1. The summed E-state index contributed by atoms with van der Waals surface area (Å²) in [5.41, 5.74) is 1.31. The summed E-state index contributed by atoms with van der Waals surface area (Å²) in [6.07, 6.45) is -0.911. The van der Waals surface area contributed by atoms with E-state index in [1.54, 1.807) is 6.92 Å². The van der Waals surface area contributed by atoms with Crippen LogP contribution in [0.5, 0.6) is 0 Å². The molecule has 0 amide bonds. The van der Waals surface area contributed by atoms with E-state index in [-0.39, 0.29) is 6.04 Å². The van der Waals surface area contributed by atoms with Crippen molar-refractivity contribution in [2.24, 2.45) is 0 Å². The number of aliphatic hydroxyl groups is 1. The molecule has 1 aromatic carbocycles.